The number of nitrogens with one attached hydrogen (secondary N) is 1. The van der Waals surface area contributed by atoms with Crippen LogP contribution < -0.4 is 10.1 Å². The lowest BCUT2D eigenvalue weighted by atomic mass is 10.0. The van der Waals surface area contributed by atoms with Crippen LogP contribution in [0.5, 0.6) is 5.75 Å². The van der Waals surface area contributed by atoms with Gasteiger partial charge in [0.05, 0.1) is 10.2 Å². The average Bonchev–Trinajstić information content (AvgIpc) is 2.39. The Balaban J connectivity index is 1.93. The summed E-state index contributed by atoms with van der Waals surface area (Å²) in [5, 5.41) is 2.83. The minimum Gasteiger partial charge on any atom is -0.480 e. The summed E-state index contributed by atoms with van der Waals surface area (Å²) in [6.07, 6.45) is 0.822. The highest BCUT2D eigenvalue weighted by Gasteiger charge is 2.19. The first-order chi connectivity index (χ1) is 9.22. The normalized spacial score (nSPS) is 13.4. The molecule has 0 aliphatic carbocycles. The first-order valence-corrected chi connectivity index (χ1v) is 6.80. The van der Waals surface area contributed by atoms with E-state index >= 15 is 0 Å². The molecule has 0 spiro atoms. The van der Waals surface area contributed by atoms with Gasteiger partial charge in [-0.25, -0.2) is 0 Å². The largest absolute Gasteiger partial charge is 0.480 e. The van der Waals surface area contributed by atoms with Crippen LogP contribution in [0.1, 0.15) is 11.1 Å². The van der Waals surface area contributed by atoms with Gasteiger partial charge in [0.15, 0.2) is 12.4 Å². The van der Waals surface area contributed by atoms with E-state index in [0.717, 1.165) is 22.1 Å². The molecule has 2 aromatic carbocycles. The summed E-state index contributed by atoms with van der Waals surface area (Å²) < 4.78 is 6.28. The van der Waals surface area contributed by atoms with Gasteiger partial charge in [-0.15, -0.1) is 0 Å². The van der Waals surface area contributed by atoms with Gasteiger partial charge in [-0.05, 0) is 45.6 Å². The summed E-state index contributed by atoms with van der Waals surface area (Å²) in [7, 11) is 0. The second-order valence-electron chi connectivity index (χ2n) is 4.45. The maximum absolute atomic E-state index is 11.4. The molecule has 0 bridgehead atoms. The summed E-state index contributed by atoms with van der Waals surface area (Å²) in [5.41, 5.74) is 3.09. The molecule has 1 amide bonds. The first-order valence-electron chi connectivity index (χ1n) is 6.01. The summed E-state index contributed by atoms with van der Waals surface area (Å²) >= 11 is 3.49. The molecule has 0 fully saturated rings. The molecule has 0 atom stereocenters. The van der Waals surface area contributed by atoms with Gasteiger partial charge in [-0.2, -0.15) is 0 Å². The molecule has 96 valence electrons. The van der Waals surface area contributed by atoms with Crippen LogP contribution in [0, 0.1) is 0 Å². The number of fused-ring (bicyclic) bond motifs is 1. The number of hydrogen-bond acceptors (Lipinski definition) is 2. The molecule has 1 heterocycles. The summed E-state index contributed by atoms with van der Waals surface area (Å²) in [5.74, 6) is 0.590. The van der Waals surface area contributed by atoms with Crippen molar-refractivity contribution in [1.29, 1.82) is 0 Å². The molecule has 0 radical (unpaired) electrons. The predicted molar refractivity (Wildman–Crippen MR) is 77.5 cm³/mol. The van der Waals surface area contributed by atoms with Crippen molar-refractivity contribution in [2.45, 2.75) is 6.42 Å². The van der Waals surface area contributed by atoms with Crippen LogP contribution in [-0.2, 0) is 11.2 Å². The van der Waals surface area contributed by atoms with E-state index in [-0.39, 0.29) is 12.5 Å². The lowest BCUT2D eigenvalue weighted by molar-refractivity contribution is -0.118. The third-order valence-electron chi connectivity index (χ3n) is 2.98. The fourth-order valence-electron chi connectivity index (χ4n) is 2.15. The average molecular weight is 318 g/mol. The van der Waals surface area contributed by atoms with Gasteiger partial charge >= 0.3 is 0 Å². The van der Waals surface area contributed by atoms with E-state index in [1.807, 2.05) is 30.3 Å². The maximum Gasteiger partial charge on any atom is 0.262 e. The van der Waals surface area contributed by atoms with Crippen molar-refractivity contribution in [2.75, 3.05) is 11.9 Å². The van der Waals surface area contributed by atoms with Gasteiger partial charge < -0.3 is 10.1 Å². The Labute approximate surface area is 119 Å². The molecule has 2 aromatic rings. The van der Waals surface area contributed by atoms with Gasteiger partial charge in [0.25, 0.3) is 5.91 Å². The lowest BCUT2D eigenvalue weighted by Crippen LogP contribution is -2.25. The highest BCUT2D eigenvalue weighted by atomic mass is 79.9. The highest BCUT2D eigenvalue weighted by molar-refractivity contribution is 9.10. The molecule has 0 aromatic heterocycles. The van der Waals surface area contributed by atoms with Crippen molar-refractivity contribution in [3.63, 3.8) is 0 Å². The Hall–Kier alpha value is -1.81. The molecule has 1 aliphatic rings. The van der Waals surface area contributed by atoms with E-state index in [9.17, 15) is 4.79 Å². The Morgan fingerprint density at radius 1 is 1.16 bits per heavy atom. The Bertz CT molecular complexity index is 626. The van der Waals surface area contributed by atoms with Crippen LogP contribution in [-0.4, -0.2) is 12.5 Å². The molecule has 1 N–H and O–H groups in total. The number of benzene rings is 2. The quantitative estimate of drug-likeness (QED) is 0.922. The fourth-order valence-corrected chi connectivity index (χ4v) is 2.77. The van der Waals surface area contributed by atoms with Crippen molar-refractivity contribution in [3.8, 4) is 5.75 Å². The molecule has 0 saturated heterocycles. The molecule has 3 nitrogen and oxygen atoms in total. The molecular formula is C15H12BrNO2. The summed E-state index contributed by atoms with van der Waals surface area (Å²) in [6.45, 7) is 0.0730. The van der Waals surface area contributed by atoms with Crippen LogP contribution in [0.15, 0.2) is 46.9 Å². The third-order valence-corrected chi connectivity index (χ3v) is 3.57. The summed E-state index contributed by atoms with van der Waals surface area (Å²) in [6, 6.07) is 14.2. The van der Waals surface area contributed by atoms with Crippen LogP contribution in [0.2, 0.25) is 0 Å². The lowest BCUT2D eigenvalue weighted by Gasteiger charge is -2.20. The Kier molecular flexibility index (Phi) is 3.25. The van der Waals surface area contributed by atoms with Gasteiger partial charge in [0.2, 0.25) is 0 Å². The predicted octanol–water partition coefficient (Wildman–Crippen LogP) is 3.37. The fraction of sp³-hybridized carbons (Fsp3) is 0.133. The molecule has 4 heteroatoms. The Morgan fingerprint density at radius 3 is 2.74 bits per heavy atom. The smallest absolute Gasteiger partial charge is 0.262 e. The summed E-state index contributed by atoms with van der Waals surface area (Å²) in [4.78, 5) is 11.4. The van der Waals surface area contributed by atoms with Gasteiger partial charge in [-0.3, -0.25) is 4.79 Å². The van der Waals surface area contributed by atoms with Crippen molar-refractivity contribution in [1.82, 2.24) is 0 Å². The van der Waals surface area contributed by atoms with Crippen LogP contribution >= 0.6 is 15.9 Å². The topological polar surface area (TPSA) is 38.3 Å². The second-order valence-corrected chi connectivity index (χ2v) is 5.31. The monoisotopic (exact) mass is 317 g/mol. The standard InChI is InChI=1S/C15H12BrNO2/c16-12-7-11(6-10-4-2-1-3-5-10)8-13-15(12)19-9-14(18)17-13/h1-5,7-8H,6,9H2,(H,17,18). The zero-order valence-electron chi connectivity index (χ0n) is 10.2. The molecule has 0 saturated carbocycles. The number of amides is 1. The van der Waals surface area contributed by atoms with Crippen molar-refractivity contribution >= 4 is 27.5 Å². The van der Waals surface area contributed by atoms with Crippen LogP contribution in [0.25, 0.3) is 0 Å². The van der Waals surface area contributed by atoms with Crippen molar-refractivity contribution < 1.29 is 9.53 Å². The van der Waals surface area contributed by atoms with E-state index in [1.165, 1.54) is 5.56 Å². The molecular weight excluding hydrogens is 306 g/mol. The van der Waals surface area contributed by atoms with Crippen LogP contribution in [0.3, 0.4) is 0 Å². The van der Waals surface area contributed by atoms with E-state index in [0.29, 0.717) is 5.75 Å². The first kappa shape index (κ1) is 12.2. The van der Waals surface area contributed by atoms with Gasteiger partial charge in [0, 0.05) is 0 Å². The SMILES string of the molecule is O=C1COc2c(Br)cc(Cc3ccccc3)cc2N1. The number of carbonyl (C=O) groups excluding carboxylic acids is 1. The number of hydrogen-bond donors (Lipinski definition) is 1. The van der Waals surface area contributed by atoms with E-state index in [4.69, 9.17) is 4.74 Å². The number of halogens is 1. The maximum atomic E-state index is 11.4. The molecule has 0 unspecified atom stereocenters. The zero-order chi connectivity index (χ0) is 13.2. The minimum atomic E-state index is -0.115. The number of carbonyl (C=O) groups is 1. The number of anilines is 1. The molecule has 19 heavy (non-hydrogen) atoms. The Morgan fingerprint density at radius 2 is 1.95 bits per heavy atom. The second kappa shape index (κ2) is 5.05. The van der Waals surface area contributed by atoms with Crippen molar-refractivity contribution in [2.24, 2.45) is 0 Å². The molecule has 1 aliphatic heterocycles. The minimum absolute atomic E-state index is 0.0730. The van der Waals surface area contributed by atoms with Gasteiger partial charge in [-0.1, -0.05) is 30.3 Å². The number of rotatable bonds is 2. The van der Waals surface area contributed by atoms with E-state index in [2.05, 4.69) is 33.4 Å². The highest BCUT2D eigenvalue weighted by Crippen LogP contribution is 2.37. The van der Waals surface area contributed by atoms with E-state index < -0.39 is 0 Å². The molecule has 3 rings (SSSR count). The number of ether oxygens (including phenoxy) is 1. The van der Waals surface area contributed by atoms with Crippen molar-refractivity contribution in [3.05, 3.63) is 58.1 Å². The van der Waals surface area contributed by atoms with Crippen LogP contribution in [0.4, 0.5) is 5.69 Å². The van der Waals surface area contributed by atoms with E-state index in [1.54, 1.807) is 0 Å². The van der Waals surface area contributed by atoms with Gasteiger partial charge in [0.1, 0.15) is 0 Å². The zero-order valence-corrected chi connectivity index (χ0v) is 11.7. The third kappa shape index (κ3) is 2.63.